The molecular formula is C23H21FN8O. The van der Waals surface area contributed by atoms with E-state index in [2.05, 4.69) is 20.3 Å². The van der Waals surface area contributed by atoms with Crippen LogP contribution in [0.15, 0.2) is 42.9 Å². The van der Waals surface area contributed by atoms with E-state index in [1.165, 1.54) is 24.7 Å². The summed E-state index contributed by atoms with van der Waals surface area (Å²) in [5, 5.41) is 9.13. The lowest BCUT2D eigenvalue weighted by Crippen LogP contribution is -2.35. The molecule has 6 rings (SSSR count). The zero-order valence-corrected chi connectivity index (χ0v) is 17.6. The second-order valence-electron chi connectivity index (χ2n) is 8.65. The molecule has 1 amide bonds. The van der Waals surface area contributed by atoms with Gasteiger partial charge in [0.15, 0.2) is 5.65 Å². The third kappa shape index (κ3) is 3.13. The number of hydrogen-bond donors (Lipinski definition) is 3. The molecule has 3 unspecified atom stereocenters. The van der Waals surface area contributed by atoms with Gasteiger partial charge in [-0.15, -0.1) is 0 Å². The van der Waals surface area contributed by atoms with Crippen LogP contribution in [0.4, 0.5) is 10.2 Å². The minimum atomic E-state index is -0.631. The lowest BCUT2D eigenvalue weighted by Gasteiger charge is -2.23. The number of halogens is 1. The Morgan fingerprint density at radius 2 is 2.03 bits per heavy atom. The number of primary amides is 1. The van der Waals surface area contributed by atoms with Gasteiger partial charge in [0.1, 0.15) is 23.7 Å². The van der Waals surface area contributed by atoms with E-state index in [9.17, 15) is 9.18 Å². The van der Waals surface area contributed by atoms with Crippen LogP contribution in [0.25, 0.3) is 33.5 Å². The maximum Gasteiger partial charge on any atom is 0.249 e. The Bertz CT molecular complexity index is 1420. The maximum atomic E-state index is 13.9. The van der Waals surface area contributed by atoms with Crippen molar-refractivity contribution < 1.29 is 9.18 Å². The summed E-state index contributed by atoms with van der Waals surface area (Å²) in [4.78, 5) is 25.0. The summed E-state index contributed by atoms with van der Waals surface area (Å²) in [6.07, 6.45) is 4.93. The van der Waals surface area contributed by atoms with Crippen LogP contribution in [-0.2, 0) is 0 Å². The summed E-state index contributed by atoms with van der Waals surface area (Å²) in [6, 6.07) is 8.10. The predicted molar refractivity (Wildman–Crippen MR) is 120 cm³/mol. The number of nitrogens with zero attached hydrogens (tertiary/aromatic N) is 5. The van der Waals surface area contributed by atoms with E-state index in [-0.39, 0.29) is 11.6 Å². The zero-order chi connectivity index (χ0) is 22.7. The molecule has 10 heteroatoms. The summed E-state index contributed by atoms with van der Waals surface area (Å²) in [6.45, 7) is 1.03. The first-order chi connectivity index (χ1) is 16.0. The van der Waals surface area contributed by atoms with E-state index in [1.807, 2.05) is 4.68 Å². The third-order valence-electron chi connectivity index (χ3n) is 6.68. The van der Waals surface area contributed by atoms with E-state index >= 15 is 0 Å². The normalized spacial score (nSPS) is 21.7. The van der Waals surface area contributed by atoms with Crippen molar-refractivity contribution in [2.45, 2.75) is 24.9 Å². The van der Waals surface area contributed by atoms with Crippen molar-refractivity contribution in [3.05, 3.63) is 54.2 Å². The van der Waals surface area contributed by atoms with Crippen LogP contribution in [0, 0.1) is 11.7 Å². The topological polar surface area (TPSA) is 138 Å². The smallest absolute Gasteiger partial charge is 0.249 e. The summed E-state index contributed by atoms with van der Waals surface area (Å²) in [5.41, 5.74) is 14.8. The zero-order valence-electron chi connectivity index (χ0n) is 17.6. The second-order valence-corrected chi connectivity index (χ2v) is 8.65. The molecule has 2 bridgehead atoms. The fraction of sp³-hybridized carbons (Fsp3) is 0.261. The molecule has 166 valence electrons. The Balaban J connectivity index is 1.55. The summed E-state index contributed by atoms with van der Waals surface area (Å²) < 4.78 is 15.9. The largest absolute Gasteiger partial charge is 0.383 e. The van der Waals surface area contributed by atoms with Crippen LogP contribution in [0.5, 0.6) is 0 Å². The highest BCUT2D eigenvalue weighted by atomic mass is 19.1. The number of anilines is 1. The van der Waals surface area contributed by atoms with Gasteiger partial charge < -0.3 is 16.8 Å². The Morgan fingerprint density at radius 1 is 1.15 bits per heavy atom. The summed E-state index contributed by atoms with van der Waals surface area (Å²) >= 11 is 0. The van der Waals surface area contributed by atoms with Gasteiger partial charge in [-0.05, 0) is 43.5 Å². The van der Waals surface area contributed by atoms with Gasteiger partial charge in [0.25, 0.3) is 0 Å². The van der Waals surface area contributed by atoms with Gasteiger partial charge in [0, 0.05) is 35.0 Å². The number of nitrogens with one attached hydrogen (secondary N) is 1. The number of amides is 1. The lowest BCUT2D eigenvalue weighted by molar-refractivity contribution is 0.100. The maximum absolute atomic E-state index is 13.9. The second kappa shape index (κ2) is 7.31. The standard InChI is InChI=1S/C23H21FN8O/c24-13-3-4-27-16(8-13)15-7-12(1-2-14(15)22(26)33)20-19-21(25)29-10-30-23(19)32(31-20)18-6-11-5-17(18)28-9-11/h1-4,7-8,10-11,17-18,28H,5-6,9H2,(H2,26,33)(H2,25,29,30). The molecule has 1 aromatic carbocycles. The molecule has 0 spiro atoms. The molecule has 4 heterocycles. The van der Waals surface area contributed by atoms with Crippen molar-refractivity contribution in [2.75, 3.05) is 12.3 Å². The van der Waals surface area contributed by atoms with Crippen LogP contribution >= 0.6 is 0 Å². The third-order valence-corrected chi connectivity index (χ3v) is 6.68. The predicted octanol–water partition coefficient (Wildman–Crippen LogP) is 2.30. The number of hydrogen-bond acceptors (Lipinski definition) is 7. The Labute approximate surface area is 188 Å². The molecule has 4 aromatic rings. The number of fused-ring (bicyclic) bond motifs is 3. The number of pyridine rings is 1. The number of carbonyl (C=O) groups excluding carboxylic acids is 1. The van der Waals surface area contributed by atoms with E-state index < -0.39 is 11.7 Å². The first kappa shape index (κ1) is 19.7. The molecule has 1 aliphatic heterocycles. The Kier molecular flexibility index (Phi) is 4.37. The van der Waals surface area contributed by atoms with Crippen molar-refractivity contribution in [1.82, 2.24) is 30.0 Å². The molecule has 5 N–H and O–H groups in total. The minimum absolute atomic E-state index is 0.170. The number of carbonyl (C=O) groups is 1. The quantitative estimate of drug-likeness (QED) is 0.439. The van der Waals surface area contributed by atoms with E-state index in [1.54, 1.807) is 18.2 Å². The van der Waals surface area contributed by atoms with E-state index in [0.29, 0.717) is 51.3 Å². The molecule has 2 fully saturated rings. The number of piperidine rings is 1. The molecule has 1 aliphatic carbocycles. The van der Waals surface area contributed by atoms with Gasteiger partial charge in [-0.2, -0.15) is 5.10 Å². The van der Waals surface area contributed by atoms with E-state index in [4.69, 9.17) is 16.6 Å². The molecule has 3 aromatic heterocycles. The molecule has 1 saturated heterocycles. The average Bonchev–Trinajstić information content (AvgIpc) is 3.53. The van der Waals surface area contributed by atoms with Crippen LogP contribution in [0.3, 0.4) is 0 Å². The van der Waals surface area contributed by atoms with Crippen molar-refractivity contribution in [2.24, 2.45) is 11.7 Å². The molecular weight excluding hydrogens is 423 g/mol. The minimum Gasteiger partial charge on any atom is -0.383 e. The van der Waals surface area contributed by atoms with Gasteiger partial charge in [-0.3, -0.25) is 9.78 Å². The Morgan fingerprint density at radius 3 is 2.76 bits per heavy atom. The van der Waals surface area contributed by atoms with Crippen LogP contribution in [0.2, 0.25) is 0 Å². The van der Waals surface area contributed by atoms with Crippen molar-refractivity contribution in [3.8, 4) is 22.5 Å². The lowest BCUT2D eigenvalue weighted by atomic mass is 9.98. The highest BCUT2D eigenvalue weighted by Gasteiger charge is 2.42. The SMILES string of the molecule is NC(=O)c1ccc(-c2nn(C3CC4CNC3C4)c3ncnc(N)c23)cc1-c1cc(F)ccn1. The van der Waals surface area contributed by atoms with Crippen LogP contribution in [0.1, 0.15) is 29.2 Å². The molecule has 33 heavy (non-hydrogen) atoms. The Hall–Kier alpha value is -3.92. The average molecular weight is 444 g/mol. The number of nitrogens with two attached hydrogens (primary N) is 2. The van der Waals surface area contributed by atoms with Gasteiger partial charge in [-0.25, -0.2) is 19.0 Å². The number of benzene rings is 1. The monoisotopic (exact) mass is 444 g/mol. The first-order valence-electron chi connectivity index (χ1n) is 10.8. The van der Waals surface area contributed by atoms with Crippen molar-refractivity contribution >= 4 is 22.8 Å². The highest BCUT2D eigenvalue weighted by Crippen LogP contribution is 2.42. The molecule has 3 atom stereocenters. The molecule has 2 aliphatic rings. The van der Waals surface area contributed by atoms with E-state index in [0.717, 1.165) is 19.4 Å². The molecule has 1 saturated carbocycles. The molecule has 0 radical (unpaired) electrons. The van der Waals surface area contributed by atoms with Crippen molar-refractivity contribution in [1.29, 1.82) is 0 Å². The number of nitrogen functional groups attached to an aromatic ring is 1. The fourth-order valence-corrected chi connectivity index (χ4v) is 5.19. The van der Waals surface area contributed by atoms with Gasteiger partial charge >= 0.3 is 0 Å². The van der Waals surface area contributed by atoms with Crippen LogP contribution < -0.4 is 16.8 Å². The summed E-state index contributed by atoms with van der Waals surface area (Å²) in [7, 11) is 0. The number of rotatable bonds is 4. The fourth-order valence-electron chi connectivity index (χ4n) is 5.19. The van der Waals surface area contributed by atoms with Crippen molar-refractivity contribution in [3.63, 3.8) is 0 Å². The summed E-state index contributed by atoms with van der Waals surface area (Å²) in [5.74, 6) is -0.143. The van der Waals surface area contributed by atoms with Gasteiger partial charge in [-0.1, -0.05) is 6.07 Å². The van der Waals surface area contributed by atoms with Crippen LogP contribution in [-0.4, -0.2) is 43.2 Å². The highest BCUT2D eigenvalue weighted by molar-refractivity contribution is 6.03. The molecule has 9 nitrogen and oxygen atoms in total. The number of aromatic nitrogens is 5. The van der Waals surface area contributed by atoms with Gasteiger partial charge in [0.05, 0.1) is 17.1 Å². The van der Waals surface area contributed by atoms with Gasteiger partial charge in [0.2, 0.25) is 5.91 Å². The first-order valence-corrected chi connectivity index (χ1v) is 10.8.